The monoisotopic (exact) mass is 606 g/mol. The van der Waals surface area contributed by atoms with E-state index in [9.17, 15) is 9.59 Å². The van der Waals surface area contributed by atoms with E-state index in [2.05, 4.69) is 0 Å². The van der Waals surface area contributed by atoms with Crippen molar-refractivity contribution >= 4 is 40.7 Å². The number of rotatable bonds is 8. The molecule has 1 atom stereocenters. The molecule has 0 spiro atoms. The standard InChI is InChI=1S/C35H27ClN2O4S/c1-2-41-34(40)30-31(24-11-5-3-6-12-24)37-35-38(32(30)25-13-7-4-8-14-25)33(39)29(43-35)21-23-17-19-27(20-18-23)42-22-26-15-9-10-16-28(26)36/h3-21,32H,2,22H2,1H3/b29-21-. The molecule has 0 aliphatic carbocycles. The van der Waals surface area contributed by atoms with E-state index < -0.39 is 12.0 Å². The summed E-state index contributed by atoms with van der Waals surface area (Å²) >= 11 is 7.54. The number of nitrogens with zero attached hydrogens (tertiary/aromatic N) is 2. The van der Waals surface area contributed by atoms with Gasteiger partial charge in [0.2, 0.25) is 0 Å². The lowest BCUT2D eigenvalue weighted by Crippen LogP contribution is -2.39. The third-order valence-corrected chi connectivity index (χ3v) is 8.37. The Bertz CT molecular complexity index is 1980. The summed E-state index contributed by atoms with van der Waals surface area (Å²) in [5, 5.41) is 0.657. The first-order valence-corrected chi connectivity index (χ1v) is 15.0. The molecule has 6 nitrogen and oxygen atoms in total. The van der Waals surface area contributed by atoms with Crippen molar-refractivity contribution in [2.75, 3.05) is 6.61 Å². The van der Waals surface area contributed by atoms with Crippen LogP contribution in [0.15, 0.2) is 125 Å². The van der Waals surface area contributed by atoms with E-state index in [1.54, 1.807) is 11.5 Å². The average Bonchev–Trinajstić information content (AvgIpc) is 3.35. The Morgan fingerprint density at radius 3 is 2.30 bits per heavy atom. The van der Waals surface area contributed by atoms with Crippen LogP contribution in [-0.2, 0) is 16.1 Å². The maximum Gasteiger partial charge on any atom is 0.338 e. The number of ether oxygens (including phenoxy) is 2. The second-order valence-electron chi connectivity index (χ2n) is 9.79. The summed E-state index contributed by atoms with van der Waals surface area (Å²) in [6.45, 7) is 2.32. The van der Waals surface area contributed by atoms with Crippen molar-refractivity contribution < 1.29 is 14.3 Å². The van der Waals surface area contributed by atoms with Gasteiger partial charge in [-0.25, -0.2) is 9.79 Å². The van der Waals surface area contributed by atoms with Crippen molar-refractivity contribution in [1.82, 2.24) is 4.57 Å². The first kappa shape index (κ1) is 28.4. The lowest BCUT2D eigenvalue weighted by atomic mass is 9.93. The van der Waals surface area contributed by atoms with E-state index in [0.29, 0.717) is 38.0 Å². The van der Waals surface area contributed by atoms with Crippen LogP contribution >= 0.6 is 22.9 Å². The highest BCUT2D eigenvalue weighted by Gasteiger charge is 2.35. The third-order valence-electron chi connectivity index (χ3n) is 7.02. The molecule has 43 heavy (non-hydrogen) atoms. The number of hydrogen-bond donors (Lipinski definition) is 0. The minimum atomic E-state index is -0.700. The van der Waals surface area contributed by atoms with Crippen molar-refractivity contribution in [2.45, 2.75) is 19.6 Å². The lowest BCUT2D eigenvalue weighted by molar-refractivity contribution is -0.138. The van der Waals surface area contributed by atoms with Gasteiger partial charge in [0.05, 0.1) is 28.5 Å². The number of benzene rings is 4. The highest BCUT2D eigenvalue weighted by atomic mass is 35.5. The number of aromatic nitrogens is 1. The van der Waals surface area contributed by atoms with Gasteiger partial charge in [-0.3, -0.25) is 9.36 Å². The number of thiazole rings is 1. The van der Waals surface area contributed by atoms with Crippen LogP contribution < -0.4 is 19.6 Å². The molecule has 5 aromatic rings. The van der Waals surface area contributed by atoms with Gasteiger partial charge in [0.15, 0.2) is 4.80 Å². The smallest absolute Gasteiger partial charge is 0.338 e. The van der Waals surface area contributed by atoms with Crippen LogP contribution in [0.4, 0.5) is 0 Å². The molecule has 8 heteroatoms. The Morgan fingerprint density at radius 1 is 0.930 bits per heavy atom. The van der Waals surface area contributed by atoms with Crippen LogP contribution in [-0.4, -0.2) is 17.1 Å². The Balaban J connectivity index is 1.42. The molecular weight excluding hydrogens is 580 g/mol. The summed E-state index contributed by atoms with van der Waals surface area (Å²) in [5.74, 6) is 0.190. The molecule has 0 N–H and O–H groups in total. The van der Waals surface area contributed by atoms with E-state index in [0.717, 1.165) is 22.3 Å². The number of hydrogen-bond acceptors (Lipinski definition) is 6. The number of fused-ring (bicyclic) bond motifs is 1. The fourth-order valence-corrected chi connectivity index (χ4v) is 6.17. The second kappa shape index (κ2) is 12.7. The Kier molecular flexibility index (Phi) is 8.36. The summed E-state index contributed by atoms with van der Waals surface area (Å²) in [4.78, 5) is 32.9. The molecule has 1 aliphatic heterocycles. The summed E-state index contributed by atoms with van der Waals surface area (Å²) in [7, 11) is 0. The molecule has 214 valence electrons. The maximum atomic E-state index is 14.0. The predicted molar refractivity (Wildman–Crippen MR) is 170 cm³/mol. The van der Waals surface area contributed by atoms with Gasteiger partial charge < -0.3 is 9.47 Å². The number of halogens is 1. The zero-order chi connectivity index (χ0) is 29.8. The predicted octanol–water partition coefficient (Wildman–Crippen LogP) is 6.17. The topological polar surface area (TPSA) is 69.9 Å². The first-order chi connectivity index (χ1) is 21.0. The van der Waals surface area contributed by atoms with E-state index >= 15 is 0 Å². The molecular formula is C35H27ClN2O4S. The van der Waals surface area contributed by atoms with E-state index in [1.807, 2.05) is 115 Å². The summed E-state index contributed by atoms with van der Waals surface area (Å²) in [6.07, 6.45) is 1.83. The Morgan fingerprint density at radius 2 is 1.60 bits per heavy atom. The largest absolute Gasteiger partial charge is 0.489 e. The van der Waals surface area contributed by atoms with E-state index in [1.165, 1.54) is 11.3 Å². The van der Waals surface area contributed by atoms with Crippen molar-refractivity contribution in [3.8, 4) is 5.75 Å². The van der Waals surface area contributed by atoms with Crippen LogP contribution in [0.1, 0.15) is 35.2 Å². The fourth-order valence-electron chi connectivity index (χ4n) is 4.98. The third kappa shape index (κ3) is 5.95. The average molecular weight is 607 g/mol. The molecule has 0 radical (unpaired) electrons. The second-order valence-corrected chi connectivity index (χ2v) is 11.2. The van der Waals surface area contributed by atoms with Gasteiger partial charge in [-0.05, 0) is 42.3 Å². The van der Waals surface area contributed by atoms with Crippen LogP contribution in [0.2, 0.25) is 5.02 Å². The zero-order valence-electron chi connectivity index (χ0n) is 23.3. The molecule has 0 fully saturated rings. The summed E-state index contributed by atoms with van der Waals surface area (Å²) in [6, 6.07) is 33.4. The first-order valence-electron chi connectivity index (χ1n) is 13.8. The van der Waals surface area contributed by atoms with Crippen LogP contribution in [0.3, 0.4) is 0 Å². The SMILES string of the molecule is CCOC(=O)C1=C(c2ccccc2)N=c2s/c(=C\c3ccc(OCc4ccccc4Cl)cc3)c(=O)n2C1c1ccccc1. The molecule has 4 aromatic carbocycles. The van der Waals surface area contributed by atoms with Crippen LogP contribution in [0.25, 0.3) is 11.8 Å². The highest BCUT2D eigenvalue weighted by molar-refractivity contribution is 7.07. The van der Waals surface area contributed by atoms with Gasteiger partial charge in [0, 0.05) is 16.1 Å². The highest BCUT2D eigenvalue weighted by Crippen LogP contribution is 2.35. The number of carbonyl (C=O) groups excluding carboxylic acids is 1. The van der Waals surface area contributed by atoms with Gasteiger partial charge >= 0.3 is 5.97 Å². The van der Waals surface area contributed by atoms with Crippen molar-refractivity contribution in [2.24, 2.45) is 4.99 Å². The van der Waals surface area contributed by atoms with Crippen molar-refractivity contribution in [3.63, 3.8) is 0 Å². The lowest BCUT2D eigenvalue weighted by Gasteiger charge is -2.25. The van der Waals surface area contributed by atoms with E-state index in [4.69, 9.17) is 26.1 Å². The molecule has 0 bridgehead atoms. The molecule has 6 rings (SSSR count). The fraction of sp³-hybridized carbons (Fsp3) is 0.114. The van der Waals surface area contributed by atoms with Crippen LogP contribution in [0.5, 0.6) is 5.75 Å². The maximum absolute atomic E-state index is 14.0. The zero-order valence-corrected chi connectivity index (χ0v) is 24.8. The van der Waals surface area contributed by atoms with Gasteiger partial charge in [-0.1, -0.05) is 114 Å². The molecule has 0 saturated carbocycles. The van der Waals surface area contributed by atoms with Crippen LogP contribution in [0, 0.1) is 0 Å². The molecule has 0 saturated heterocycles. The quantitative estimate of drug-likeness (QED) is 0.198. The van der Waals surface area contributed by atoms with Gasteiger partial charge in [-0.2, -0.15) is 0 Å². The Hall–Kier alpha value is -4.72. The molecule has 1 aromatic heterocycles. The van der Waals surface area contributed by atoms with Crippen molar-refractivity contribution in [1.29, 1.82) is 0 Å². The summed E-state index contributed by atoms with van der Waals surface area (Å²) in [5.41, 5.74) is 3.90. The minimum absolute atomic E-state index is 0.203. The normalized spacial score (nSPS) is 14.7. The van der Waals surface area contributed by atoms with Gasteiger partial charge in [0.1, 0.15) is 12.4 Å². The van der Waals surface area contributed by atoms with Gasteiger partial charge in [-0.15, -0.1) is 0 Å². The summed E-state index contributed by atoms with van der Waals surface area (Å²) < 4.78 is 13.5. The Labute approximate surface area is 257 Å². The van der Waals surface area contributed by atoms with Crippen molar-refractivity contribution in [3.05, 3.63) is 162 Å². The van der Waals surface area contributed by atoms with Gasteiger partial charge in [0.25, 0.3) is 5.56 Å². The molecule has 0 amide bonds. The molecule has 1 unspecified atom stereocenters. The molecule has 2 heterocycles. The minimum Gasteiger partial charge on any atom is -0.489 e. The molecule has 1 aliphatic rings. The number of esters is 1. The van der Waals surface area contributed by atoms with E-state index in [-0.39, 0.29) is 12.2 Å². The number of carbonyl (C=O) groups is 1.